The van der Waals surface area contributed by atoms with Crippen LogP contribution in [0, 0.1) is 0 Å². The van der Waals surface area contributed by atoms with Crippen LogP contribution in [0.3, 0.4) is 0 Å². The number of allylic oxidation sites excluding steroid dienone is 1. The highest BCUT2D eigenvalue weighted by molar-refractivity contribution is 7.16. The van der Waals surface area contributed by atoms with Gasteiger partial charge < -0.3 is 4.57 Å². The first-order chi connectivity index (χ1) is 14.4. The zero-order valence-corrected chi connectivity index (χ0v) is 17.9. The summed E-state index contributed by atoms with van der Waals surface area (Å²) in [6.07, 6.45) is 2.10. The fraction of sp³-hybridized carbons (Fsp3) is 0.143. The average molecular weight is 460 g/mol. The molecular weight excluding hydrogens is 445 g/mol. The number of rotatable bonds is 4. The molecule has 4 rings (SSSR count). The molecule has 0 bridgehead atoms. The van der Waals surface area contributed by atoms with Crippen molar-refractivity contribution in [3.63, 3.8) is 0 Å². The fourth-order valence-corrected chi connectivity index (χ4v) is 4.78. The van der Waals surface area contributed by atoms with Crippen LogP contribution < -0.4 is 9.70 Å². The summed E-state index contributed by atoms with van der Waals surface area (Å²) in [5.74, 6) is -0.933. The van der Waals surface area contributed by atoms with Gasteiger partial charge in [-0.3, -0.25) is 19.3 Å². The molecule has 0 atom stereocenters. The van der Waals surface area contributed by atoms with Gasteiger partial charge in [-0.25, -0.2) is 0 Å². The predicted molar refractivity (Wildman–Crippen MR) is 118 cm³/mol. The highest BCUT2D eigenvalue weighted by Crippen LogP contribution is 2.32. The third-order valence-electron chi connectivity index (χ3n) is 4.67. The number of aromatic nitrogens is 1. The van der Waals surface area contributed by atoms with Gasteiger partial charge in [0, 0.05) is 24.9 Å². The van der Waals surface area contributed by atoms with E-state index in [1.165, 1.54) is 11.3 Å². The van der Waals surface area contributed by atoms with E-state index < -0.39 is 5.91 Å². The second-order valence-corrected chi connectivity index (χ2v) is 8.37. The maximum Gasteiger partial charge on any atom is 0.279 e. The Bertz CT molecular complexity index is 1260. The molecule has 9 heteroatoms. The summed E-state index contributed by atoms with van der Waals surface area (Å²) in [6, 6.07) is 9.78. The average Bonchev–Trinajstić information content (AvgIpc) is 3.25. The molecule has 3 amide bonds. The van der Waals surface area contributed by atoms with E-state index in [4.69, 9.17) is 23.2 Å². The van der Waals surface area contributed by atoms with Crippen LogP contribution >= 0.6 is 34.5 Å². The normalized spacial score (nSPS) is 14.7. The summed E-state index contributed by atoms with van der Waals surface area (Å²) in [5.41, 5.74) is 1.48. The zero-order valence-electron chi connectivity index (χ0n) is 15.6. The molecule has 1 saturated heterocycles. The van der Waals surface area contributed by atoms with Crippen molar-refractivity contribution in [2.45, 2.75) is 19.4 Å². The summed E-state index contributed by atoms with van der Waals surface area (Å²) in [7, 11) is 0. The fourth-order valence-electron chi connectivity index (χ4n) is 3.26. The van der Waals surface area contributed by atoms with Crippen LogP contribution in [-0.2, 0) is 16.1 Å². The van der Waals surface area contributed by atoms with Gasteiger partial charge in [0.05, 0.1) is 25.9 Å². The SMILES string of the molecule is C=CCn1c(=NC(=O)c2ccc(N3C(=O)CCC3=O)cc2)sc2ccc(Cl)c(Cl)c21. The van der Waals surface area contributed by atoms with Crippen LogP contribution in [0.4, 0.5) is 5.69 Å². The molecule has 1 aliphatic rings. The second kappa shape index (κ2) is 8.18. The van der Waals surface area contributed by atoms with Crippen molar-refractivity contribution in [3.05, 3.63) is 69.5 Å². The number of fused-ring (bicyclic) bond motifs is 1. The highest BCUT2D eigenvalue weighted by atomic mass is 35.5. The lowest BCUT2D eigenvalue weighted by Crippen LogP contribution is -2.28. The van der Waals surface area contributed by atoms with Gasteiger partial charge in [-0.2, -0.15) is 4.99 Å². The molecule has 1 aliphatic heterocycles. The Morgan fingerprint density at radius 1 is 1.10 bits per heavy atom. The number of thiazole rings is 1. The van der Waals surface area contributed by atoms with Gasteiger partial charge in [-0.1, -0.05) is 40.6 Å². The van der Waals surface area contributed by atoms with Crippen molar-refractivity contribution in [2.75, 3.05) is 4.90 Å². The first kappa shape index (κ1) is 20.5. The van der Waals surface area contributed by atoms with E-state index in [1.54, 1.807) is 41.0 Å². The maximum atomic E-state index is 12.8. The van der Waals surface area contributed by atoms with Crippen molar-refractivity contribution in [1.82, 2.24) is 4.57 Å². The van der Waals surface area contributed by atoms with E-state index in [-0.39, 0.29) is 24.7 Å². The number of hydrogen-bond donors (Lipinski definition) is 0. The Morgan fingerprint density at radius 3 is 2.40 bits per heavy atom. The van der Waals surface area contributed by atoms with Gasteiger partial charge in [0.15, 0.2) is 4.80 Å². The van der Waals surface area contributed by atoms with Crippen LogP contribution in [-0.4, -0.2) is 22.3 Å². The number of nitrogens with zero attached hydrogens (tertiary/aromatic N) is 3. The van der Waals surface area contributed by atoms with E-state index in [1.807, 2.05) is 6.07 Å². The first-order valence-corrected chi connectivity index (χ1v) is 10.6. The highest BCUT2D eigenvalue weighted by Gasteiger charge is 2.30. The minimum Gasteiger partial charge on any atom is -0.311 e. The molecule has 3 aromatic rings. The number of carbonyl (C=O) groups is 3. The topological polar surface area (TPSA) is 71.7 Å². The molecule has 2 aromatic carbocycles. The lowest BCUT2D eigenvalue weighted by molar-refractivity contribution is -0.121. The van der Waals surface area contributed by atoms with Crippen LogP contribution in [0.1, 0.15) is 23.2 Å². The molecular formula is C21H15Cl2N3O3S. The minimum atomic E-state index is -0.452. The summed E-state index contributed by atoms with van der Waals surface area (Å²) in [6.45, 7) is 4.16. The Labute approximate surface area is 185 Å². The zero-order chi connectivity index (χ0) is 21.4. The third kappa shape index (κ3) is 3.60. The molecule has 2 heterocycles. The van der Waals surface area contributed by atoms with Gasteiger partial charge in [-0.05, 0) is 36.4 Å². The quantitative estimate of drug-likeness (QED) is 0.423. The first-order valence-electron chi connectivity index (χ1n) is 9.04. The molecule has 152 valence electrons. The Hall–Kier alpha value is -2.74. The second-order valence-electron chi connectivity index (χ2n) is 6.58. The maximum absolute atomic E-state index is 12.8. The van der Waals surface area contributed by atoms with E-state index in [2.05, 4.69) is 11.6 Å². The monoisotopic (exact) mass is 459 g/mol. The number of carbonyl (C=O) groups excluding carboxylic acids is 3. The lowest BCUT2D eigenvalue weighted by atomic mass is 10.2. The number of anilines is 1. The summed E-state index contributed by atoms with van der Waals surface area (Å²) < 4.78 is 2.63. The Balaban J connectivity index is 1.72. The summed E-state index contributed by atoms with van der Waals surface area (Å²) in [4.78, 5) is 42.4. The molecule has 0 spiro atoms. The third-order valence-corrected chi connectivity index (χ3v) is 6.50. The molecule has 6 nitrogen and oxygen atoms in total. The van der Waals surface area contributed by atoms with Crippen molar-refractivity contribution >= 4 is 68.2 Å². The number of hydrogen-bond acceptors (Lipinski definition) is 4. The molecule has 0 saturated carbocycles. The number of imide groups is 1. The number of benzene rings is 2. The Morgan fingerprint density at radius 2 is 1.77 bits per heavy atom. The minimum absolute atomic E-state index is 0.205. The van der Waals surface area contributed by atoms with Gasteiger partial charge >= 0.3 is 0 Å². The van der Waals surface area contributed by atoms with Crippen molar-refractivity contribution in [3.8, 4) is 0 Å². The Kier molecular flexibility index (Phi) is 5.60. The van der Waals surface area contributed by atoms with E-state index in [9.17, 15) is 14.4 Å². The number of amides is 3. The van der Waals surface area contributed by atoms with Crippen LogP contribution in [0.25, 0.3) is 10.2 Å². The largest absolute Gasteiger partial charge is 0.311 e. The van der Waals surface area contributed by atoms with E-state index in [0.717, 1.165) is 9.60 Å². The lowest BCUT2D eigenvalue weighted by Gasteiger charge is -2.13. The van der Waals surface area contributed by atoms with Gasteiger partial charge in [0.25, 0.3) is 5.91 Å². The number of halogens is 2. The molecule has 1 aromatic heterocycles. The molecule has 0 unspecified atom stereocenters. The van der Waals surface area contributed by atoms with Gasteiger partial charge in [0.2, 0.25) is 11.8 Å². The smallest absolute Gasteiger partial charge is 0.279 e. The van der Waals surface area contributed by atoms with Crippen LogP contribution in [0.2, 0.25) is 10.0 Å². The summed E-state index contributed by atoms with van der Waals surface area (Å²) in [5, 5.41) is 0.810. The summed E-state index contributed by atoms with van der Waals surface area (Å²) >= 11 is 13.8. The molecule has 0 aliphatic carbocycles. The van der Waals surface area contributed by atoms with Crippen molar-refractivity contribution in [2.24, 2.45) is 4.99 Å². The van der Waals surface area contributed by atoms with Crippen molar-refractivity contribution < 1.29 is 14.4 Å². The van der Waals surface area contributed by atoms with Gasteiger partial charge in [-0.15, -0.1) is 6.58 Å². The van der Waals surface area contributed by atoms with Crippen LogP contribution in [0.15, 0.2) is 54.0 Å². The van der Waals surface area contributed by atoms with Crippen LogP contribution in [0.5, 0.6) is 0 Å². The van der Waals surface area contributed by atoms with E-state index in [0.29, 0.717) is 38.2 Å². The molecule has 1 fully saturated rings. The molecule has 30 heavy (non-hydrogen) atoms. The van der Waals surface area contributed by atoms with Crippen molar-refractivity contribution in [1.29, 1.82) is 0 Å². The molecule has 0 radical (unpaired) electrons. The van der Waals surface area contributed by atoms with Gasteiger partial charge in [0.1, 0.15) is 0 Å². The standard InChI is InChI=1S/C21H15Cl2N3O3S/c1-2-11-25-19-15(8-7-14(22)18(19)23)30-21(25)24-20(29)12-3-5-13(6-4-12)26-16(27)9-10-17(26)28/h2-8H,1,9-11H2. The van der Waals surface area contributed by atoms with E-state index >= 15 is 0 Å². The predicted octanol–water partition coefficient (Wildman–Crippen LogP) is 4.59. The molecule has 0 N–H and O–H groups in total.